The monoisotopic (exact) mass is 266 g/mol. The zero-order valence-electron chi connectivity index (χ0n) is 12.2. The van der Waals surface area contributed by atoms with Crippen molar-refractivity contribution in [2.24, 2.45) is 5.92 Å². The summed E-state index contributed by atoms with van der Waals surface area (Å²) in [6, 6.07) is 10.5. The minimum Gasteiger partial charge on any atom is -0.392 e. The summed E-state index contributed by atoms with van der Waals surface area (Å²) in [6.45, 7) is 10.8. The first-order valence-electron chi connectivity index (χ1n) is 6.69. The molecule has 1 nitrogen and oxygen atoms in total. The number of aliphatic hydroxyl groups excluding tert-OH is 1. The summed E-state index contributed by atoms with van der Waals surface area (Å²) in [4.78, 5) is 0. The number of benzene rings is 1. The van der Waals surface area contributed by atoms with Crippen molar-refractivity contribution in [3.63, 3.8) is 0 Å². The van der Waals surface area contributed by atoms with Gasteiger partial charge in [0.2, 0.25) is 0 Å². The highest BCUT2D eigenvalue weighted by molar-refractivity contribution is 8.01. The van der Waals surface area contributed by atoms with Crippen molar-refractivity contribution in [1.82, 2.24) is 0 Å². The Morgan fingerprint density at radius 1 is 1.11 bits per heavy atom. The van der Waals surface area contributed by atoms with Crippen LogP contribution in [0.3, 0.4) is 0 Å². The van der Waals surface area contributed by atoms with E-state index in [1.165, 1.54) is 5.56 Å². The molecular weight excluding hydrogens is 240 g/mol. The molecule has 0 saturated carbocycles. The summed E-state index contributed by atoms with van der Waals surface area (Å²) in [7, 11) is 0. The average molecular weight is 266 g/mol. The second-order valence-electron chi connectivity index (χ2n) is 6.19. The predicted molar refractivity (Wildman–Crippen MR) is 82.1 cm³/mol. The lowest BCUT2D eigenvalue weighted by molar-refractivity contribution is 0.122. The van der Waals surface area contributed by atoms with Gasteiger partial charge < -0.3 is 5.11 Å². The van der Waals surface area contributed by atoms with Crippen LogP contribution in [0.5, 0.6) is 0 Å². The van der Waals surface area contributed by atoms with Crippen LogP contribution in [0.2, 0.25) is 0 Å². The maximum atomic E-state index is 10.4. The van der Waals surface area contributed by atoms with Gasteiger partial charge in [-0.3, -0.25) is 0 Å². The third-order valence-corrected chi connectivity index (χ3v) is 4.30. The third-order valence-electron chi connectivity index (χ3n) is 2.85. The van der Waals surface area contributed by atoms with Gasteiger partial charge in [0.1, 0.15) is 0 Å². The molecule has 1 rings (SSSR count). The van der Waals surface area contributed by atoms with Gasteiger partial charge in [0.05, 0.1) is 6.10 Å². The fraction of sp³-hybridized carbons (Fsp3) is 0.625. The summed E-state index contributed by atoms with van der Waals surface area (Å²) in [6.07, 6.45) is 0.678. The van der Waals surface area contributed by atoms with E-state index in [9.17, 15) is 5.11 Å². The van der Waals surface area contributed by atoms with Crippen LogP contribution in [-0.2, 0) is 6.42 Å². The van der Waals surface area contributed by atoms with E-state index in [0.717, 1.165) is 6.42 Å². The third kappa shape index (κ3) is 5.45. The number of thioether (sulfide) groups is 1. The van der Waals surface area contributed by atoms with E-state index in [1.807, 2.05) is 17.8 Å². The van der Waals surface area contributed by atoms with Crippen LogP contribution in [-0.4, -0.2) is 21.2 Å². The van der Waals surface area contributed by atoms with Crippen LogP contribution in [0.15, 0.2) is 30.3 Å². The molecule has 1 aromatic rings. The summed E-state index contributed by atoms with van der Waals surface area (Å²) >= 11 is 1.88. The molecule has 0 amide bonds. The molecule has 18 heavy (non-hydrogen) atoms. The van der Waals surface area contributed by atoms with Crippen LogP contribution in [0.25, 0.3) is 0 Å². The van der Waals surface area contributed by atoms with Gasteiger partial charge in [-0.25, -0.2) is 0 Å². The molecule has 0 aliphatic carbocycles. The lowest BCUT2D eigenvalue weighted by atomic mass is 9.99. The second-order valence-corrected chi connectivity index (χ2v) is 8.26. The van der Waals surface area contributed by atoms with Crippen molar-refractivity contribution in [3.05, 3.63) is 35.9 Å². The van der Waals surface area contributed by atoms with E-state index in [0.29, 0.717) is 5.92 Å². The van der Waals surface area contributed by atoms with Gasteiger partial charge in [0.15, 0.2) is 0 Å². The van der Waals surface area contributed by atoms with E-state index >= 15 is 0 Å². The lowest BCUT2D eigenvalue weighted by Crippen LogP contribution is -2.33. The van der Waals surface area contributed by atoms with Gasteiger partial charge in [-0.05, 0) is 17.9 Å². The largest absolute Gasteiger partial charge is 0.392 e. The van der Waals surface area contributed by atoms with Gasteiger partial charge in [-0.15, -0.1) is 11.8 Å². The van der Waals surface area contributed by atoms with E-state index in [4.69, 9.17) is 0 Å². The molecule has 102 valence electrons. The lowest BCUT2D eigenvalue weighted by Gasteiger charge is -2.31. The van der Waals surface area contributed by atoms with E-state index < -0.39 is 0 Å². The number of hydrogen-bond acceptors (Lipinski definition) is 2. The van der Waals surface area contributed by atoms with Crippen molar-refractivity contribution in [3.8, 4) is 0 Å². The molecule has 0 fully saturated rings. The van der Waals surface area contributed by atoms with Gasteiger partial charge in [0.25, 0.3) is 0 Å². The molecule has 0 heterocycles. The molecule has 1 aromatic carbocycles. The van der Waals surface area contributed by atoms with Gasteiger partial charge in [-0.1, -0.05) is 65.0 Å². The molecule has 2 heteroatoms. The number of rotatable bonds is 5. The minimum absolute atomic E-state index is 0.176. The highest BCUT2D eigenvalue weighted by Crippen LogP contribution is 2.33. The van der Waals surface area contributed by atoms with Crippen molar-refractivity contribution < 1.29 is 5.11 Å². The highest BCUT2D eigenvalue weighted by atomic mass is 32.2. The molecule has 2 atom stereocenters. The Kier molecular flexibility index (Phi) is 5.74. The van der Waals surface area contributed by atoms with Crippen LogP contribution < -0.4 is 0 Å². The Morgan fingerprint density at radius 3 is 2.11 bits per heavy atom. The van der Waals surface area contributed by atoms with Gasteiger partial charge in [0, 0.05) is 10.00 Å². The standard InChI is InChI=1S/C16H26OS/c1-12(2)15(17)14(18-16(3,4)5)11-13-9-7-6-8-10-13/h6-10,12,14-15,17H,11H2,1-5H3/t14-,15-/m0/s1. The molecule has 0 spiro atoms. The fourth-order valence-electron chi connectivity index (χ4n) is 1.96. The Bertz CT molecular complexity index is 340. The molecule has 0 unspecified atom stereocenters. The van der Waals surface area contributed by atoms with Crippen molar-refractivity contribution in [2.45, 2.75) is 57.1 Å². The first-order valence-corrected chi connectivity index (χ1v) is 7.57. The second kappa shape index (κ2) is 6.63. The van der Waals surface area contributed by atoms with Gasteiger partial charge in [-0.2, -0.15) is 0 Å². The molecule has 0 aliphatic rings. The Hall–Kier alpha value is -0.470. The Balaban J connectivity index is 2.78. The maximum Gasteiger partial charge on any atom is 0.0685 e. The number of aliphatic hydroxyl groups is 1. The molecular formula is C16H26OS. The Morgan fingerprint density at radius 2 is 1.67 bits per heavy atom. The molecule has 0 aromatic heterocycles. The average Bonchev–Trinajstić information content (AvgIpc) is 2.26. The number of hydrogen-bond donors (Lipinski definition) is 1. The smallest absolute Gasteiger partial charge is 0.0685 e. The molecule has 0 aliphatic heterocycles. The molecule has 1 N–H and O–H groups in total. The minimum atomic E-state index is -0.255. The van der Waals surface area contributed by atoms with E-state index in [2.05, 4.69) is 58.9 Å². The molecule has 0 saturated heterocycles. The van der Waals surface area contributed by atoms with Crippen molar-refractivity contribution in [2.75, 3.05) is 0 Å². The summed E-state index contributed by atoms with van der Waals surface area (Å²) in [5.41, 5.74) is 1.30. The SMILES string of the molecule is CC(C)[C@H](O)[C@H](Cc1ccccc1)SC(C)(C)C. The van der Waals surface area contributed by atoms with E-state index in [1.54, 1.807) is 0 Å². The Labute approximate surface area is 116 Å². The van der Waals surface area contributed by atoms with Crippen molar-refractivity contribution in [1.29, 1.82) is 0 Å². The summed E-state index contributed by atoms with van der Waals surface area (Å²) < 4.78 is 0.176. The first-order chi connectivity index (χ1) is 8.29. The van der Waals surface area contributed by atoms with Crippen LogP contribution in [0, 0.1) is 5.92 Å². The molecule has 0 bridgehead atoms. The zero-order valence-corrected chi connectivity index (χ0v) is 13.0. The topological polar surface area (TPSA) is 20.2 Å². The fourth-order valence-corrected chi connectivity index (χ4v) is 3.60. The van der Waals surface area contributed by atoms with Crippen LogP contribution >= 0.6 is 11.8 Å². The molecule has 0 radical (unpaired) electrons. The van der Waals surface area contributed by atoms with Crippen molar-refractivity contribution >= 4 is 11.8 Å². The van der Waals surface area contributed by atoms with Gasteiger partial charge >= 0.3 is 0 Å². The normalized spacial score (nSPS) is 15.7. The quantitative estimate of drug-likeness (QED) is 0.864. The zero-order chi connectivity index (χ0) is 13.8. The van der Waals surface area contributed by atoms with E-state index in [-0.39, 0.29) is 16.1 Å². The highest BCUT2D eigenvalue weighted by Gasteiger charge is 2.27. The summed E-state index contributed by atoms with van der Waals surface area (Å²) in [5, 5.41) is 10.6. The summed E-state index contributed by atoms with van der Waals surface area (Å²) in [5.74, 6) is 0.300. The van der Waals surface area contributed by atoms with Crippen LogP contribution in [0.4, 0.5) is 0 Å². The maximum absolute atomic E-state index is 10.4. The first kappa shape index (κ1) is 15.6. The predicted octanol–water partition coefficient (Wildman–Crippen LogP) is 4.15. The van der Waals surface area contributed by atoms with Crippen LogP contribution in [0.1, 0.15) is 40.2 Å².